The number of amides is 2. The first-order chi connectivity index (χ1) is 11.5. The zero-order chi connectivity index (χ0) is 17.5. The maximum Gasteiger partial charge on any atom is 0.253 e. The molecule has 0 aliphatic heterocycles. The van der Waals surface area contributed by atoms with Crippen LogP contribution in [0, 0.1) is 5.82 Å². The fourth-order valence-electron chi connectivity index (χ4n) is 2.15. The molecule has 2 rings (SSSR count). The van der Waals surface area contributed by atoms with Crippen molar-refractivity contribution in [1.82, 2.24) is 15.6 Å². The molecule has 1 aromatic heterocycles. The second-order valence-corrected chi connectivity index (χ2v) is 5.69. The predicted octanol–water partition coefficient (Wildman–Crippen LogP) is 2.33. The van der Waals surface area contributed by atoms with Gasteiger partial charge in [-0.1, -0.05) is 18.2 Å². The van der Waals surface area contributed by atoms with E-state index in [0.717, 1.165) is 0 Å². The summed E-state index contributed by atoms with van der Waals surface area (Å²) in [6.07, 6.45) is 3.19. The van der Waals surface area contributed by atoms with Gasteiger partial charge in [0.1, 0.15) is 5.82 Å². The van der Waals surface area contributed by atoms with Crippen molar-refractivity contribution in [3.8, 4) is 0 Å². The van der Waals surface area contributed by atoms with Crippen LogP contribution in [0.2, 0.25) is 0 Å². The molecular formula is C18H20FN3O2. The van der Waals surface area contributed by atoms with Crippen LogP contribution in [-0.4, -0.2) is 29.4 Å². The summed E-state index contributed by atoms with van der Waals surface area (Å²) in [6.45, 7) is 4.00. The first-order valence-electron chi connectivity index (χ1n) is 7.75. The number of aromatic nitrogens is 1. The Balaban J connectivity index is 1.95. The third-order valence-corrected chi connectivity index (χ3v) is 3.32. The molecule has 24 heavy (non-hydrogen) atoms. The molecule has 2 aromatic rings. The molecule has 0 unspecified atom stereocenters. The molecule has 0 spiro atoms. The zero-order valence-corrected chi connectivity index (χ0v) is 13.7. The molecule has 0 aliphatic carbocycles. The van der Waals surface area contributed by atoms with Crippen molar-refractivity contribution in [3.63, 3.8) is 0 Å². The lowest BCUT2D eigenvalue weighted by Gasteiger charge is -2.09. The van der Waals surface area contributed by atoms with Crippen molar-refractivity contribution in [2.24, 2.45) is 0 Å². The molecular weight excluding hydrogens is 309 g/mol. The van der Waals surface area contributed by atoms with Crippen molar-refractivity contribution >= 4 is 11.8 Å². The Kier molecular flexibility index (Phi) is 6.01. The maximum absolute atomic E-state index is 13.5. The van der Waals surface area contributed by atoms with E-state index in [-0.39, 0.29) is 23.7 Å². The van der Waals surface area contributed by atoms with Crippen LogP contribution in [0.4, 0.5) is 4.39 Å². The lowest BCUT2D eigenvalue weighted by Crippen LogP contribution is -2.31. The van der Waals surface area contributed by atoms with Gasteiger partial charge in [-0.2, -0.15) is 0 Å². The van der Waals surface area contributed by atoms with E-state index in [2.05, 4.69) is 15.6 Å². The van der Waals surface area contributed by atoms with Crippen LogP contribution >= 0.6 is 0 Å². The van der Waals surface area contributed by atoms with Gasteiger partial charge < -0.3 is 10.6 Å². The fraction of sp³-hybridized carbons (Fsp3) is 0.278. The van der Waals surface area contributed by atoms with Crippen molar-refractivity contribution in [2.45, 2.75) is 26.3 Å². The van der Waals surface area contributed by atoms with Crippen molar-refractivity contribution in [2.75, 3.05) is 6.54 Å². The van der Waals surface area contributed by atoms with E-state index in [1.807, 2.05) is 13.8 Å². The molecule has 126 valence electrons. The minimum absolute atomic E-state index is 0.00393. The van der Waals surface area contributed by atoms with Gasteiger partial charge in [-0.3, -0.25) is 14.6 Å². The number of nitrogens with zero attached hydrogens (tertiary/aromatic N) is 1. The van der Waals surface area contributed by atoms with Gasteiger partial charge in [-0.05, 0) is 38.0 Å². The summed E-state index contributed by atoms with van der Waals surface area (Å²) in [5, 5.41) is 5.45. The number of pyridine rings is 1. The quantitative estimate of drug-likeness (QED) is 0.854. The van der Waals surface area contributed by atoms with Gasteiger partial charge in [0, 0.05) is 25.0 Å². The largest absolute Gasteiger partial charge is 0.352 e. The Bertz CT molecular complexity index is 732. The maximum atomic E-state index is 13.5. The van der Waals surface area contributed by atoms with E-state index in [1.165, 1.54) is 24.5 Å². The molecule has 5 nitrogen and oxygen atoms in total. The lowest BCUT2D eigenvalue weighted by molar-refractivity contribution is 0.0942. The van der Waals surface area contributed by atoms with Crippen molar-refractivity contribution in [1.29, 1.82) is 0 Å². The van der Waals surface area contributed by atoms with E-state index in [9.17, 15) is 14.0 Å². The van der Waals surface area contributed by atoms with Gasteiger partial charge in [-0.25, -0.2) is 4.39 Å². The lowest BCUT2D eigenvalue weighted by atomic mass is 10.1. The van der Waals surface area contributed by atoms with Crippen LogP contribution in [0.3, 0.4) is 0 Å². The smallest absolute Gasteiger partial charge is 0.253 e. The van der Waals surface area contributed by atoms with Gasteiger partial charge in [0.25, 0.3) is 11.8 Å². The summed E-state index contributed by atoms with van der Waals surface area (Å²) < 4.78 is 13.5. The second kappa shape index (κ2) is 8.19. The molecule has 0 fully saturated rings. The number of benzene rings is 1. The third-order valence-electron chi connectivity index (χ3n) is 3.32. The van der Waals surface area contributed by atoms with Gasteiger partial charge in [-0.15, -0.1) is 0 Å². The summed E-state index contributed by atoms with van der Waals surface area (Å²) >= 11 is 0. The van der Waals surface area contributed by atoms with Crippen LogP contribution in [0.25, 0.3) is 0 Å². The number of halogens is 1. The Hall–Kier alpha value is -2.76. The summed E-state index contributed by atoms with van der Waals surface area (Å²) in [6, 6.07) is 7.93. The van der Waals surface area contributed by atoms with Gasteiger partial charge in [0.15, 0.2) is 0 Å². The monoisotopic (exact) mass is 329 g/mol. The number of nitrogens with one attached hydrogen (secondary N) is 2. The highest BCUT2D eigenvalue weighted by Gasteiger charge is 2.12. The zero-order valence-electron chi connectivity index (χ0n) is 13.7. The number of carbonyl (C=O) groups excluding carboxylic acids is 2. The Labute approximate surface area is 140 Å². The summed E-state index contributed by atoms with van der Waals surface area (Å²) in [5.41, 5.74) is 1.16. The van der Waals surface area contributed by atoms with Gasteiger partial charge >= 0.3 is 0 Å². The van der Waals surface area contributed by atoms with E-state index in [4.69, 9.17) is 0 Å². The molecule has 1 aromatic carbocycles. The number of hydrogen-bond acceptors (Lipinski definition) is 3. The Morgan fingerprint density at radius 1 is 1.12 bits per heavy atom. The predicted molar refractivity (Wildman–Crippen MR) is 89.3 cm³/mol. The Morgan fingerprint density at radius 2 is 1.79 bits per heavy atom. The molecule has 0 radical (unpaired) electrons. The van der Waals surface area contributed by atoms with Gasteiger partial charge in [0.2, 0.25) is 0 Å². The number of carbonyl (C=O) groups is 2. The van der Waals surface area contributed by atoms with Crippen LogP contribution in [-0.2, 0) is 6.42 Å². The fourth-order valence-corrected chi connectivity index (χ4v) is 2.15. The molecule has 1 heterocycles. The van der Waals surface area contributed by atoms with Crippen LogP contribution in [0.5, 0.6) is 0 Å². The molecule has 0 saturated heterocycles. The highest BCUT2D eigenvalue weighted by Crippen LogP contribution is 2.07. The Morgan fingerprint density at radius 3 is 2.46 bits per heavy atom. The minimum Gasteiger partial charge on any atom is -0.352 e. The van der Waals surface area contributed by atoms with Crippen LogP contribution in [0.1, 0.15) is 40.1 Å². The van der Waals surface area contributed by atoms with E-state index in [0.29, 0.717) is 29.7 Å². The SMILES string of the molecule is CC(C)NC(=O)c1cncc(C(=O)NCCc2ccccc2F)c1. The topological polar surface area (TPSA) is 71.1 Å². The molecule has 0 bridgehead atoms. The second-order valence-electron chi connectivity index (χ2n) is 5.69. The molecule has 2 amide bonds. The van der Waals surface area contributed by atoms with Crippen LogP contribution in [0.15, 0.2) is 42.7 Å². The third kappa shape index (κ3) is 4.87. The minimum atomic E-state index is -0.349. The summed E-state index contributed by atoms with van der Waals surface area (Å²) in [4.78, 5) is 28.0. The molecule has 6 heteroatoms. The normalized spacial score (nSPS) is 10.5. The van der Waals surface area contributed by atoms with E-state index < -0.39 is 0 Å². The van der Waals surface area contributed by atoms with Gasteiger partial charge in [0.05, 0.1) is 11.1 Å². The first-order valence-corrected chi connectivity index (χ1v) is 7.75. The standard InChI is InChI=1S/C18H20FN3O2/c1-12(2)22-18(24)15-9-14(10-20-11-15)17(23)21-8-7-13-5-3-4-6-16(13)19/h3-6,9-12H,7-8H2,1-2H3,(H,21,23)(H,22,24). The first kappa shape index (κ1) is 17.6. The highest BCUT2D eigenvalue weighted by molar-refractivity contribution is 5.99. The summed E-state index contributed by atoms with van der Waals surface area (Å²) in [7, 11) is 0. The number of rotatable bonds is 6. The average Bonchev–Trinajstić information content (AvgIpc) is 2.56. The summed E-state index contributed by atoms with van der Waals surface area (Å²) in [5.74, 6) is -0.919. The number of hydrogen-bond donors (Lipinski definition) is 2. The average molecular weight is 329 g/mol. The van der Waals surface area contributed by atoms with Crippen molar-refractivity contribution < 1.29 is 14.0 Å². The van der Waals surface area contributed by atoms with E-state index in [1.54, 1.807) is 18.2 Å². The van der Waals surface area contributed by atoms with Crippen LogP contribution < -0.4 is 10.6 Å². The molecule has 2 N–H and O–H groups in total. The molecule has 0 saturated carbocycles. The highest BCUT2D eigenvalue weighted by atomic mass is 19.1. The van der Waals surface area contributed by atoms with Crippen molar-refractivity contribution in [3.05, 3.63) is 65.2 Å². The molecule has 0 aliphatic rings. The van der Waals surface area contributed by atoms with E-state index >= 15 is 0 Å². The molecule has 0 atom stereocenters.